The van der Waals surface area contributed by atoms with Gasteiger partial charge < -0.3 is 4.74 Å². The molecule has 0 saturated carbocycles. The fraction of sp³-hybridized carbons (Fsp3) is 0.455. The lowest BCUT2D eigenvalue weighted by Crippen LogP contribution is -2.35. The first kappa shape index (κ1) is 16.5. The highest BCUT2D eigenvalue weighted by atomic mass is 32.2. The maximum atomic E-state index is 13.5. The molecular formula is C11H15FN2O5S. The molecule has 0 aliphatic heterocycles. The highest BCUT2D eigenvalue weighted by Gasteiger charge is 2.24. The van der Waals surface area contributed by atoms with Crippen LogP contribution < -0.4 is 4.72 Å². The van der Waals surface area contributed by atoms with Crippen molar-refractivity contribution < 1.29 is 22.5 Å². The average molecular weight is 306 g/mol. The predicted octanol–water partition coefficient (Wildman–Crippen LogP) is 1.36. The van der Waals surface area contributed by atoms with Crippen LogP contribution in [0.1, 0.15) is 12.5 Å². The third-order valence-corrected chi connectivity index (χ3v) is 4.06. The van der Waals surface area contributed by atoms with Gasteiger partial charge >= 0.3 is 5.69 Å². The van der Waals surface area contributed by atoms with Crippen LogP contribution in [0, 0.1) is 22.9 Å². The largest absolute Gasteiger partial charge is 0.383 e. The van der Waals surface area contributed by atoms with E-state index in [-0.39, 0.29) is 17.1 Å². The van der Waals surface area contributed by atoms with Crippen LogP contribution in [0.2, 0.25) is 0 Å². The molecule has 1 atom stereocenters. The maximum Gasteiger partial charge on any atom is 0.306 e. The molecule has 9 heteroatoms. The first-order valence-corrected chi connectivity index (χ1v) is 7.13. The molecular weight excluding hydrogens is 291 g/mol. The summed E-state index contributed by atoms with van der Waals surface area (Å²) < 4.78 is 44.7. The second-order valence-electron chi connectivity index (χ2n) is 4.31. The average Bonchev–Trinajstić information content (AvgIpc) is 2.31. The zero-order valence-corrected chi connectivity index (χ0v) is 12.0. The van der Waals surface area contributed by atoms with Gasteiger partial charge in [-0.05, 0) is 25.5 Å². The number of nitro benzene ring substituents is 1. The number of hydrogen-bond donors (Lipinski definition) is 1. The molecule has 0 spiro atoms. The number of methoxy groups -OCH3 is 1. The Kier molecular flexibility index (Phi) is 5.15. The zero-order valence-electron chi connectivity index (χ0n) is 11.2. The molecule has 7 nitrogen and oxygen atoms in total. The van der Waals surface area contributed by atoms with Gasteiger partial charge in [0.05, 0.1) is 16.4 Å². The molecule has 1 unspecified atom stereocenters. The van der Waals surface area contributed by atoms with Crippen molar-refractivity contribution in [2.75, 3.05) is 13.7 Å². The number of halogens is 1. The standard InChI is InChI=1S/C11H15FN2O5S/c1-7-4-9(5-10(11(7)12)14(15)16)20(17,18)13-8(2)6-19-3/h4-5,8,13H,6H2,1-3H3. The summed E-state index contributed by atoms with van der Waals surface area (Å²) in [4.78, 5) is 9.39. The van der Waals surface area contributed by atoms with Gasteiger partial charge in [-0.2, -0.15) is 4.39 Å². The van der Waals surface area contributed by atoms with Gasteiger partial charge in [-0.3, -0.25) is 10.1 Å². The molecule has 0 amide bonds. The summed E-state index contributed by atoms with van der Waals surface area (Å²) in [7, 11) is -2.56. The minimum Gasteiger partial charge on any atom is -0.383 e. The van der Waals surface area contributed by atoms with E-state index in [0.29, 0.717) is 6.07 Å². The number of rotatable bonds is 6. The van der Waals surface area contributed by atoms with E-state index in [1.807, 2.05) is 0 Å². The highest BCUT2D eigenvalue weighted by molar-refractivity contribution is 7.89. The fourth-order valence-electron chi connectivity index (χ4n) is 1.62. The first-order chi connectivity index (χ1) is 9.19. The van der Waals surface area contributed by atoms with Crippen molar-refractivity contribution in [1.82, 2.24) is 4.72 Å². The second-order valence-corrected chi connectivity index (χ2v) is 6.02. The van der Waals surface area contributed by atoms with Gasteiger partial charge in [0.15, 0.2) is 0 Å². The van der Waals surface area contributed by atoms with Crippen molar-refractivity contribution >= 4 is 15.7 Å². The number of ether oxygens (including phenoxy) is 1. The molecule has 20 heavy (non-hydrogen) atoms. The molecule has 1 aromatic carbocycles. The summed E-state index contributed by atoms with van der Waals surface area (Å²) in [5.41, 5.74) is -0.983. The number of nitro groups is 1. The van der Waals surface area contributed by atoms with Crippen LogP contribution in [-0.2, 0) is 14.8 Å². The Hall–Kier alpha value is -1.58. The molecule has 0 heterocycles. The van der Waals surface area contributed by atoms with Gasteiger partial charge in [0.25, 0.3) is 0 Å². The predicted molar refractivity (Wildman–Crippen MR) is 69.5 cm³/mol. The van der Waals surface area contributed by atoms with Gasteiger partial charge in [0.1, 0.15) is 0 Å². The summed E-state index contributed by atoms with van der Waals surface area (Å²) in [5, 5.41) is 10.7. The molecule has 0 aliphatic rings. The van der Waals surface area contributed by atoms with Crippen LogP contribution >= 0.6 is 0 Å². The highest BCUT2D eigenvalue weighted by Crippen LogP contribution is 2.25. The van der Waals surface area contributed by atoms with E-state index in [4.69, 9.17) is 4.74 Å². The number of hydrogen-bond acceptors (Lipinski definition) is 5. The summed E-state index contributed by atoms with van der Waals surface area (Å²) in [6.07, 6.45) is 0. The summed E-state index contributed by atoms with van der Waals surface area (Å²) >= 11 is 0. The maximum absolute atomic E-state index is 13.5. The minimum atomic E-state index is -3.98. The molecule has 0 saturated heterocycles. The van der Waals surface area contributed by atoms with Gasteiger partial charge in [-0.1, -0.05) is 0 Å². The Bertz CT molecular complexity index is 617. The number of nitrogens with one attached hydrogen (secondary N) is 1. The van der Waals surface area contributed by atoms with E-state index in [9.17, 15) is 22.9 Å². The van der Waals surface area contributed by atoms with Crippen LogP contribution in [0.4, 0.5) is 10.1 Å². The SMILES string of the molecule is COCC(C)NS(=O)(=O)c1cc(C)c(F)c([N+](=O)[O-])c1. The molecule has 0 bridgehead atoms. The van der Waals surface area contributed by atoms with Crippen molar-refractivity contribution in [2.45, 2.75) is 24.8 Å². The monoisotopic (exact) mass is 306 g/mol. The van der Waals surface area contributed by atoms with Crippen molar-refractivity contribution in [3.63, 3.8) is 0 Å². The number of sulfonamides is 1. The Morgan fingerprint density at radius 3 is 2.60 bits per heavy atom. The van der Waals surface area contributed by atoms with Crippen LogP contribution in [0.15, 0.2) is 17.0 Å². The Morgan fingerprint density at radius 1 is 1.50 bits per heavy atom. The van der Waals surface area contributed by atoms with Crippen LogP contribution in [0.3, 0.4) is 0 Å². The van der Waals surface area contributed by atoms with E-state index < -0.39 is 32.5 Å². The molecule has 1 N–H and O–H groups in total. The minimum absolute atomic E-state index is 0.112. The summed E-state index contributed by atoms with van der Waals surface area (Å²) in [6, 6.07) is 1.23. The first-order valence-electron chi connectivity index (χ1n) is 5.65. The summed E-state index contributed by atoms with van der Waals surface area (Å²) in [6.45, 7) is 2.98. The Balaban J connectivity index is 3.22. The number of aryl methyl sites for hydroxylation is 1. The van der Waals surface area contributed by atoms with E-state index >= 15 is 0 Å². The zero-order chi connectivity index (χ0) is 15.5. The normalized spacial score (nSPS) is 13.2. The lowest BCUT2D eigenvalue weighted by Gasteiger charge is -2.13. The van der Waals surface area contributed by atoms with Crippen molar-refractivity contribution in [2.24, 2.45) is 0 Å². The second kappa shape index (κ2) is 6.25. The molecule has 0 aliphatic carbocycles. The third kappa shape index (κ3) is 3.71. The van der Waals surface area contributed by atoms with Crippen LogP contribution in [0.25, 0.3) is 0 Å². The molecule has 0 fully saturated rings. The van der Waals surface area contributed by atoms with E-state index in [1.54, 1.807) is 6.92 Å². The van der Waals surface area contributed by atoms with Gasteiger partial charge in [-0.15, -0.1) is 0 Å². The molecule has 0 aromatic heterocycles. The van der Waals surface area contributed by atoms with Crippen molar-refractivity contribution in [3.05, 3.63) is 33.6 Å². The van der Waals surface area contributed by atoms with E-state index in [1.165, 1.54) is 14.0 Å². The number of nitrogens with zero attached hydrogens (tertiary/aromatic N) is 1. The Morgan fingerprint density at radius 2 is 2.10 bits per heavy atom. The molecule has 0 radical (unpaired) electrons. The molecule has 1 rings (SSSR count). The topological polar surface area (TPSA) is 98.5 Å². The summed E-state index contributed by atoms with van der Waals surface area (Å²) in [5.74, 6) is -1.04. The third-order valence-electron chi connectivity index (χ3n) is 2.49. The van der Waals surface area contributed by atoms with E-state index in [2.05, 4.69) is 4.72 Å². The van der Waals surface area contributed by atoms with Gasteiger partial charge in [0.2, 0.25) is 15.8 Å². The Labute approximate surface area is 115 Å². The van der Waals surface area contributed by atoms with Crippen LogP contribution in [-0.4, -0.2) is 33.1 Å². The lowest BCUT2D eigenvalue weighted by molar-refractivity contribution is -0.387. The van der Waals surface area contributed by atoms with Crippen molar-refractivity contribution in [1.29, 1.82) is 0 Å². The van der Waals surface area contributed by atoms with Crippen molar-refractivity contribution in [3.8, 4) is 0 Å². The number of benzene rings is 1. The van der Waals surface area contributed by atoms with E-state index in [0.717, 1.165) is 6.07 Å². The lowest BCUT2D eigenvalue weighted by atomic mass is 10.2. The molecule has 1 aromatic rings. The van der Waals surface area contributed by atoms with Crippen LogP contribution in [0.5, 0.6) is 0 Å². The fourth-order valence-corrected chi connectivity index (χ4v) is 2.96. The van der Waals surface area contributed by atoms with Gasteiger partial charge in [-0.25, -0.2) is 13.1 Å². The molecule has 112 valence electrons. The quantitative estimate of drug-likeness (QED) is 0.632. The smallest absolute Gasteiger partial charge is 0.306 e. The van der Waals surface area contributed by atoms with Gasteiger partial charge in [0, 0.05) is 19.2 Å².